The summed E-state index contributed by atoms with van der Waals surface area (Å²) in [5, 5.41) is 2.12. The quantitative estimate of drug-likeness (QED) is 0.149. The molecule has 4 aromatic rings. The highest BCUT2D eigenvalue weighted by Gasteiger charge is 2.23. The molecule has 0 atom stereocenters. The number of aromatic nitrogens is 1. The number of unbranched alkanes of at least 4 members (excludes halogenated alkanes) is 1. The van der Waals surface area contributed by atoms with Crippen LogP contribution in [0.3, 0.4) is 0 Å². The summed E-state index contributed by atoms with van der Waals surface area (Å²) in [5.74, 6) is 0.567. The van der Waals surface area contributed by atoms with Gasteiger partial charge in [-0.3, -0.25) is 9.59 Å². The highest BCUT2D eigenvalue weighted by Crippen LogP contribution is 2.29. The molecule has 1 heterocycles. The predicted octanol–water partition coefficient (Wildman–Crippen LogP) is 6.60. The number of aryl methyl sites for hydroxylation is 1. The van der Waals surface area contributed by atoms with Gasteiger partial charge in [0.05, 0.1) is 12.0 Å². The Balaban J connectivity index is 1.24. The number of rotatable bonds is 9. The largest absolute Gasteiger partial charge is 0.494 e. The van der Waals surface area contributed by atoms with Gasteiger partial charge in [-0.15, -0.1) is 0 Å². The molecule has 4 rings (SSSR count). The van der Waals surface area contributed by atoms with Crippen LogP contribution in [0.4, 0.5) is 0 Å². The number of oxazole rings is 1. The average Bonchev–Trinajstić information content (AvgIpc) is 3.26. The summed E-state index contributed by atoms with van der Waals surface area (Å²) in [6, 6.07) is 18.0. The summed E-state index contributed by atoms with van der Waals surface area (Å²) in [5.41, 5.74) is 3.06. The average molecular weight is 490 g/mol. The van der Waals surface area contributed by atoms with E-state index in [2.05, 4.69) is 11.1 Å². The maximum Gasteiger partial charge on any atom is 0.314 e. The lowest BCUT2D eigenvalue weighted by Gasteiger charge is -2.16. The highest BCUT2D eigenvalue weighted by molar-refractivity contribution is 5.88. The van der Waals surface area contributed by atoms with Crippen molar-refractivity contribution in [2.75, 3.05) is 13.4 Å². The van der Waals surface area contributed by atoms with E-state index in [0.29, 0.717) is 25.3 Å². The molecule has 0 aliphatic carbocycles. The second kappa shape index (κ2) is 10.8. The number of nitrogens with zero attached hydrogens (tertiary/aromatic N) is 1. The predicted molar refractivity (Wildman–Crippen MR) is 138 cm³/mol. The lowest BCUT2D eigenvalue weighted by molar-refractivity contribution is -0.173. The van der Waals surface area contributed by atoms with Crippen molar-refractivity contribution >= 4 is 33.8 Å². The molecule has 0 amide bonds. The first-order valence-corrected chi connectivity index (χ1v) is 12.1. The molecule has 0 aliphatic rings. The number of fused-ring (bicyclic) bond motifs is 2. The standard InChI is InChI=1S/C29H31NO6/c1-19-8-13-24-25(15-19)36-27(30-24)22-10-9-21-17-23(12-11-20(21)16-22)33-14-6-5-7-26(31)34-18-35-28(32)29(2,3)4/h8-13,15-17H,5-7,14,18H2,1-4H3. The SMILES string of the molecule is Cc1ccc2nc(-c3ccc4cc(OCCCCC(=O)OCOC(=O)C(C)(C)C)ccc4c3)oc2c1. The summed E-state index contributed by atoms with van der Waals surface area (Å²) in [6.45, 7) is 7.38. The molecule has 36 heavy (non-hydrogen) atoms. The van der Waals surface area contributed by atoms with Gasteiger partial charge >= 0.3 is 11.9 Å². The summed E-state index contributed by atoms with van der Waals surface area (Å²) in [6.07, 6.45) is 1.56. The van der Waals surface area contributed by atoms with Crippen LogP contribution in [0.1, 0.15) is 45.6 Å². The van der Waals surface area contributed by atoms with E-state index in [1.165, 1.54) is 0 Å². The van der Waals surface area contributed by atoms with Crippen LogP contribution in [0.15, 0.2) is 59.0 Å². The van der Waals surface area contributed by atoms with Gasteiger partial charge in [-0.05, 0) is 93.3 Å². The molecule has 0 fully saturated rings. The Morgan fingerprint density at radius 3 is 2.50 bits per heavy atom. The molecule has 0 unspecified atom stereocenters. The minimum Gasteiger partial charge on any atom is -0.494 e. The van der Waals surface area contributed by atoms with Crippen LogP contribution in [0.5, 0.6) is 5.75 Å². The summed E-state index contributed by atoms with van der Waals surface area (Å²) in [7, 11) is 0. The zero-order valence-corrected chi connectivity index (χ0v) is 21.1. The molecule has 3 aromatic carbocycles. The van der Waals surface area contributed by atoms with Gasteiger partial charge in [0, 0.05) is 12.0 Å². The second-order valence-corrected chi connectivity index (χ2v) is 9.84. The minimum absolute atomic E-state index is 0.242. The minimum atomic E-state index is -0.625. The van der Waals surface area contributed by atoms with Gasteiger partial charge in [0.25, 0.3) is 0 Å². The monoisotopic (exact) mass is 489 g/mol. The van der Waals surface area contributed by atoms with Crippen molar-refractivity contribution in [3.63, 3.8) is 0 Å². The number of benzene rings is 3. The van der Waals surface area contributed by atoms with E-state index in [9.17, 15) is 9.59 Å². The van der Waals surface area contributed by atoms with Crippen LogP contribution in [-0.2, 0) is 19.1 Å². The van der Waals surface area contributed by atoms with Crippen LogP contribution in [-0.4, -0.2) is 30.3 Å². The molecule has 1 aromatic heterocycles. The van der Waals surface area contributed by atoms with E-state index in [-0.39, 0.29) is 13.2 Å². The summed E-state index contributed by atoms with van der Waals surface area (Å²) < 4.78 is 21.7. The Morgan fingerprint density at radius 2 is 1.69 bits per heavy atom. The molecule has 0 aliphatic heterocycles. The van der Waals surface area contributed by atoms with Gasteiger partial charge in [-0.25, -0.2) is 4.98 Å². The first kappa shape index (κ1) is 25.2. The molecule has 0 spiro atoms. The molecule has 7 heteroatoms. The van der Waals surface area contributed by atoms with Gasteiger partial charge in [0.15, 0.2) is 5.58 Å². The Bertz CT molecular complexity index is 1380. The van der Waals surface area contributed by atoms with E-state index in [0.717, 1.165) is 38.7 Å². The third-order valence-electron chi connectivity index (χ3n) is 5.67. The Morgan fingerprint density at radius 1 is 0.917 bits per heavy atom. The van der Waals surface area contributed by atoms with Crippen molar-refractivity contribution in [1.82, 2.24) is 4.98 Å². The van der Waals surface area contributed by atoms with E-state index < -0.39 is 17.4 Å². The van der Waals surface area contributed by atoms with Gasteiger partial charge in [-0.2, -0.15) is 0 Å². The number of hydrogen-bond donors (Lipinski definition) is 0. The normalized spacial score (nSPS) is 11.6. The van der Waals surface area contributed by atoms with Crippen molar-refractivity contribution in [1.29, 1.82) is 0 Å². The number of hydrogen-bond acceptors (Lipinski definition) is 7. The third kappa shape index (κ3) is 6.42. The molecule has 0 saturated carbocycles. The fourth-order valence-corrected chi connectivity index (χ4v) is 3.60. The summed E-state index contributed by atoms with van der Waals surface area (Å²) in [4.78, 5) is 28.0. The van der Waals surface area contributed by atoms with Crippen LogP contribution >= 0.6 is 0 Å². The molecule has 0 saturated heterocycles. The number of ether oxygens (including phenoxy) is 3. The Hall–Kier alpha value is -3.87. The Labute approximate surface area is 210 Å². The maximum absolute atomic E-state index is 11.8. The van der Waals surface area contributed by atoms with Crippen LogP contribution < -0.4 is 4.74 Å². The van der Waals surface area contributed by atoms with Gasteiger partial charge in [-0.1, -0.05) is 18.2 Å². The van der Waals surface area contributed by atoms with Crippen molar-refractivity contribution in [3.05, 3.63) is 60.2 Å². The Kier molecular flexibility index (Phi) is 7.58. The van der Waals surface area contributed by atoms with E-state index in [1.54, 1.807) is 20.8 Å². The van der Waals surface area contributed by atoms with E-state index in [4.69, 9.17) is 18.6 Å². The molecule has 188 valence electrons. The summed E-state index contributed by atoms with van der Waals surface area (Å²) >= 11 is 0. The van der Waals surface area contributed by atoms with Crippen molar-refractivity contribution in [2.45, 2.75) is 47.0 Å². The topological polar surface area (TPSA) is 87.9 Å². The fraction of sp³-hybridized carbons (Fsp3) is 0.345. The number of carbonyl (C=O) groups is 2. The fourth-order valence-electron chi connectivity index (χ4n) is 3.60. The zero-order chi connectivity index (χ0) is 25.7. The second-order valence-electron chi connectivity index (χ2n) is 9.84. The molecular weight excluding hydrogens is 458 g/mol. The maximum atomic E-state index is 11.8. The van der Waals surface area contributed by atoms with Crippen LogP contribution in [0.2, 0.25) is 0 Å². The smallest absolute Gasteiger partial charge is 0.314 e. The van der Waals surface area contributed by atoms with Crippen molar-refractivity contribution in [2.24, 2.45) is 5.41 Å². The van der Waals surface area contributed by atoms with Crippen LogP contribution in [0, 0.1) is 12.3 Å². The first-order valence-electron chi connectivity index (χ1n) is 12.1. The van der Waals surface area contributed by atoms with Gasteiger partial charge in [0.1, 0.15) is 11.3 Å². The molecule has 0 bridgehead atoms. The lowest BCUT2D eigenvalue weighted by atomic mass is 9.98. The molecular formula is C29H31NO6. The zero-order valence-electron chi connectivity index (χ0n) is 21.1. The third-order valence-corrected chi connectivity index (χ3v) is 5.67. The lowest BCUT2D eigenvalue weighted by Crippen LogP contribution is -2.24. The van der Waals surface area contributed by atoms with Gasteiger partial charge in [0.2, 0.25) is 12.7 Å². The van der Waals surface area contributed by atoms with Crippen molar-refractivity contribution in [3.8, 4) is 17.2 Å². The van der Waals surface area contributed by atoms with E-state index >= 15 is 0 Å². The van der Waals surface area contributed by atoms with Crippen molar-refractivity contribution < 1.29 is 28.2 Å². The number of carbonyl (C=O) groups excluding carboxylic acids is 2. The van der Waals surface area contributed by atoms with E-state index in [1.807, 2.05) is 55.5 Å². The first-order chi connectivity index (χ1) is 17.2. The molecule has 7 nitrogen and oxygen atoms in total. The number of esters is 2. The highest BCUT2D eigenvalue weighted by atomic mass is 16.7. The van der Waals surface area contributed by atoms with Gasteiger partial charge < -0.3 is 18.6 Å². The van der Waals surface area contributed by atoms with Crippen LogP contribution in [0.25, 0.3) is 33.3 Å². The molecule has 0 radical (unpaired) electrons. The molecule has 0 N–H and O–H groups in total.